The van der Waals surface area contributed by atoms with E-state index in [0.29, 0.717) is 5.69 Å². The predicted octanol–water partition coefficient (Wildman–Crippen LogP) is 4.09. The molecule has 2 N–H and O–H groups in total. The van der Waals surface area contributed by atoms with Crippen LogP contribution < -0.4 is 10.6 Å². The van der Waals surface area contributed by atoms with Crippen LogP contribution in [0.25, 0.3) is 0 Å². The van der Waals surface area contributed by atoms with E-state index in [1.165, 1.54) is 18.2 Å². The predicted molar refractivity (Wildman–Crippen MR) is 82.6 cm³/mol. The van der Waals surface area contributed by atoms with Crippen LogP contribution >= 0.6 is 11.6 Å². The van der Waals surface area contributed by atoms with Crippen LogP contribution in [-0.4, -0.2) is 12.5 Å². The van der Waals surface area contributed by atoms with Crippen molar-refractivity contribution in [1.82, 2.24) is 0 Å². The van der Waals surface area contributed by atoms with Gasteiger partial charge in [-0.05, 0) is 48.7 Å². The van der Waals surface area contributed by atoms with Crippen molar-refractivity contribution in [2.45, 2.75) is 12.8 Å². The maximum Gasteiger partial charge on any atom is 0.260 e. The Morgan fingerprint density at radius 2 is 2.14 bits per heavy atom. The van der Waals surface area contributed by atoms with Crippen molar-refractivity contribution in [3.63, 3.8) is 0 Å². The third kappa shape index (κ3) is 2.85. The zero-order chi connectivity index (χ0) is 14.8. The first-order valence-electron chi connectivity index (χ1n) is 6.77. The molecule has 3 rings (SSSR count). The third-order valence-electron chi connectivity index (χ3n) is 3.49. The van der Waals surface area contributed by atoms with Crippen molar-refractivity contribution in [3.8, 4) is 0 Å². The van der Waals surface area contributed by atoms with E-state index in [1.807, 2.05) is 12.1 Å². The van der Waals surface area contributed by atoms with Crippen LogP contribution in [0, 0.1) is 5.82 Å². The van der Waals surface area contributed by atoms with E-state index in [1.54, 1.807) is 6.07 Å². The van der Waals surface area contributed by atoms with Crippen LogP contribution in [-0.2, 0) is 6.42 Å². The molecule has 2 aromatic carbocycles. The molecule has 0 radical (unpaired) electrons. The highest BCUT2D eigenvalue weighted by Gasteiger charge is 2.16. The van der Waals surface area contributed by atoms with Gasteiger partial charge in [0, 0.05) is 17.9 Å². The number of benzene rings is 2. The normalized spacial score (nSPS) is 13.2. The third-order valence-corrected chi connectivity index (χ3v) is 3.81. The molecule has 2 aromatic rings. The quantitative estimate of drug-likeness (QED) is 0.877. The summed E-state index contributed by atoms with van der Waals surface area (Å²) >= 11 is 5.90. The average Bonchev–Trinajstić information content (AvgIpc) is 2.47. The van der Waals surface area contributed by atoms with Crippen LogP contribution in [0.4, 0.5) is 15.8 Å². The van der Waals surface area contributed by atoms with E-state index < -0.39 is 11.7 Å². The van der Waals surface area contributed by atoms with Crippen LogP contribution in [0.15, 0.2) is 36.4 Å². The van der Waals surface area contributed by atoms with Gasteiger partial charge in [0.25, 0.3) is 5.91 Å². The van der Waals surface area contributed by atoms with Gasteiger partial charge in [0.1, 0.15) is 5.82 Å². The smallest absolute Gasteiger partial charge is 0.260 e. The van der Waals surface area contributed by atoms with Crippen LogP contribution in [0.5, 0.6) is 0 Å². The summed E-state index contributed by atoms with van der Waals surface area (Å²) in [5, 5.41) is 6.10. The van der Waals surface area contributed by atoms with E-state index >= 15 is 0 Å². The summed E-state index contributed by atoms with van der Waals surface area (Å²) in [5.74, 6) is -1.17. The highest BCUT2D eigenvalue weighted by atomic mass is 35.5. The van der Waals surface area contributed by atoms with E-state index in [4.69, 9.17) is 11.6 Å². The zero-order valence-electron chi connectivity index (χ0n) is 11.2. The van der Waals surface area contributed by atoms with E-state index in [9.17, 15) is 9.18 Å². The Morgan fingerprint density at radius 3 is 2.95 bits per heavy atom. The molecule has 3 nitrogen and oxygen atoms in total. The first kappa shape index (κ1) is 13.9. The molecule has 0 aromatic heterocycles. The maximum atomic E-state index is 13.7. The lowest BCUT2D eigenvalue weighted by Crippen LogP contribution is -2.16. The fourth-order valence-corrected chi connectivity index (χ4v) is 2.71. The van der Waals surface area contributed by atoms with Crippen LogP contribution in [0.2, 0.25) is 5.02 Å². The lowest BCUT2D eigenvalue weighted by Gasteiger charge is -2.19. The molecule has 0 atom stereocenters. The monoisotopic (exact) mass is 304 g/mol. The molecule has 108 valence electrons. The number of amides is 1. The average molecular weight is 305 g/mol. The maximum absolute atomic E-state index is 13.7. The molecule has 0 aliphatic carbocycles. The molecule has 0 unspecified atom stereocenters. The molecule has 1 aliphatic rings. The van der Waals surface area contributed by atoms with Gasteiger partial charge in [0.2, 0.25) is 0 Å². The standard InChI is InChI=1S/C16H14ClFN2O/c17-12-4-1-5-13(18)15(12)16(21)20-11-6-7-14-10(9-11)3-2-8-19-14/h1,4-7,9,19H,2-3,8H2,(H,20,21). The van der Waals surface area contributed by atoms with Gasteiger partial charge in [-0.2, -0.15) is 0 Å². The summed E-state index contributed by atoms with van der Waals surface area (Å²) < 4.78 is 13.7. The first-order chi connectivity index (χ1) is 10.1. The van der Waals surface area contributed by atoms with Crippen molar-refractivity contribution in [1.29, 1.82) is 0 Å². The first-order valence-corrected chi connectivity index (χ1v) is 7.15. The second-order valence-corrected chi connectivity index (χ2v) is 5.36. The van der Waals surface area contributed by atoms with Gasteiger partial charge in [-0.15, -0.1) is 0 Å². The Balaban J connectivity index is 1.85. The number of hydrogen-bond donors (Lipinski definition) is 2. The van der Waals surface area contributed by atoms with Crippen LogP contribution in [0.1, 0.15) is 22.3 Å². The lowest BCUT2D eigenvalue weighted by atomic mass is 10.0. The van der Waals surface area contributed by atoms with Gasteiger partial charge in [0.05, 0.1) is 10.6 Å². The van der Waals surface area contributed by atoms with Crippen LogP contribution in [0.3, 0.4) is 0 Å². The van der Waals surface area contributed by atoms with Gasteiger partial charge in [-0.25, -0.2) is 4.39 Å². The highest BCUT2D eigenvalue weighted by Crippen LogP contribution is 2.26. The molecular formula is C16H14ClFN2O. The number of fused-ring (bicyclic) bond motifs is 1. The summed E-state index contributed by atoms with van der Waals surface area (Å²) in [5.41, 5.74) is 2.75. The van der Waals surface area contributed by atoms with Crippen molar-refractivity contribution >= 4 is 28.9 Å². The van der Waals surface area contributed by atoms with Crippen molar-refractivity contribution < 1.29 is 9.18 Å². The van der Waals surface area contributed by atoms with Gasteiger partial charge in [-0.3, -0.25) is 4.79 Å². The summed E-state index contributed by atoms with van der Waals surface area (Å²) in [6, 6.07) is 9.82. The Bertz CT molecular complexity index is 682. The fraction of sp³-hybridized carbons (Fsp3) is 0.188. The molecule has 21 heavy (non-hydrogen) atoms. The second kappa shape index (κ2) is 5.74. The Labute approximate surface area is 127 Å². The number of carbonyl (C=O) groups is 1. The highest BCUT2D eigenvalue weighted by molar-refractivity contribution is 6.34. The lowest BCUT2D eigenvalue weighted by molar-refractivity contribution is 0.102. The second-order valence-electron chi connectivity index (χ2n) is 4.95. The summed E-state index contributed by atoms with van der Waals surface area (Å²) in [4.78, 5) is 12.2. The van der Waals surface area contributed by atoms with Crippen molar-refractivity contribution in [3.05, 3.63) is 58.4 Å². The Kier molecular flexibility index (Phi) is 3.80. The molecule has 1 amide bonds. The Hall–Kier alpha value is -2.07. The number of aryl methyl sites for hydroxylation is 1. The molecule has 0 bridgehead atoms. The van der Waals surface area contributed by atoms with Gasteiger partial charge >= 0.3 is 0 Å². The number of rotatable bonds is 2. The summed E-state index contributed by atoms with van der Waals surface area (Å²) in [6.07, 6.45) is 2.02. The topological polar surface area (TPSA) is 41.1 Å². The molecular weight excluding hydrogens is 291 g/mol. The summed E-state index contributed by atoms with van der Waals surface area (Å²) in [7, 11) is 0. The summed E-state index contributed by atoms with van der Waals surface area (Å²) in [6.45, 7) is 0.962. The Morgan fingerprint density at radius 1 is 1.29 bits per heavy atom. The minimum Gasteiger partial charge on any atom is -0.385 e. The molecule has 0 saturated carbocycles. The van der Waals surface area contributed by atoms with Crippen molar-refractivity contribution in [2.75, 3.05) is 17.2 Å². The van der Waals surface area contributed by atoms with Crippen molar-refractivity contribution in [2.24, 2.45) is 0 Å². The number of halogens is 2. The van der Waals surface area contributed by atoms with E-state index in [2.05, 4.69) is 10.6 Å². The molecule has 0 spiro atoms. The van der Waals surface area contributed by atoms with Gasteiger partial charge in [-0.1, -0.05) is 17.7 Å². The fourth-order valence-electron chi connectivity index (χ4n) is 2.46. The van der Waals surface area contributed by atoms with E-state index in [0.717, 1.165) is 30.6 Å². The minimum atomic E-state index is -0.625. The van der Waals surface area contributed by atoms with Gasteiger partial charge < -0.3 is 10.6 Å². The van der Waals surface area contributed by atoms with Gasteiger partial charge in [0.15, 0.2) is 0 Å². The largest absolute Gasteiger partial charge is 0.385 e. The number of carbonyl (C=O) groups excluding carboxylic acids is 1. The number of anilines is 2. The SMILES string of the molecule is O=C(Nc1ccc2c(c1)CCCN2)c1c(F)cccc1Cl. The molecule has 1 heterocycles. The number of hydrogen-bond acceptors (Lipinski definition) is 2. The minimum absolute atomic E-state index is 0.104. The molecule has 0 fully saturated rings. The molecule has 1 aliphatic heterocycles. The zero-order valence-corrected chi connectivity index (χ0v) is 12.0. The molecule has 0 saturated heterocycles. The molecule has 5 heteroatoms. The van der Waals surface area contributed by atoms with E-state index in [-0.39, 0.29) is 10.6 Å². The number of nitrogens with one attached hydrogen (secondary N) is 2.